The molecule has 0 spiro atoms. The van der Waals surface area contributed by atoms with Gasteiger partial charge in [-0.05, 0) is 38.1 Å². The fourth-order valence-corrected chi connectivity index (χ4v) is 3.32. The first-order valence-corrected chi connectivity index (χ1v) is 9.25. The molecule has 1 aliphatic rings. The van der Waals surface area contributed by atoms with Crippen molar-refractivity contribution >= 4 is 29.9 Å². The molecule has 1 aromatic carbocycles. The number of hydrogen-bond acceptors (Lipinski definition) is 7. The zero-order valence-corrected chi connectivity index (χ0v) is 17.0. The minimum absolute atomic E-state index is 0. The van der Waals surface area contributed by atoms with Crippen molar-refractivity contribution in [1.29, 1.82) is 0 Å². The van der Waals surface area contributed by atoms with Crippen molar-refractivity contribution in [3.63, 3.8) is 0 Å². The van der Waals surface area contributed by atoms with Gasteiger partial charge in [-0.1, -0.05) is 12.1 Å². The number of nitrogens with zero attached hydrogens (tertiary/aromatic N) is 6. The van der Waals surface area contributed by atoms with E-state index in [2.05, 4.69) is 25.8 Å². The number of nitro groups is 1. The zero-order chi connectivity index (χ0) is 20.4. The maximum absolute atomic E-state index is 12.6. The standard InChI is InChI=1S/C18H20N8O3.ClH/c1-24-18(20-16(23-24)12-6-9-19-10-7-12)21-17(27)13-8-11-25(22-13)14-4-2-3-5-15(14)26(28)29;/h2-5,8,11-12,19H,6-7,9-10H2,1H3,(H,20,21,23,27);1H. The highest BCUT2D eigenvalue weighted by atomic mass is 35.5. The smallest absolute Gasteiger partial charge is 0.294 e. The largest absolute Gasteiger partial charge is 0.317 e. The van der Waals surface area contributed by atoms with Crippen LogP contribution in [0, 0.1) is 10.1 Å². The van der Waals surface area contributed by atoms with Crippen LogP contribution < -0.4 is 10.6 Å². The number of rotatable bonds is 5. The molecule has 0 saturated carbocycles. The molecule has 3 heterocycles. The van der Waals surface area contributed by atoms with Crippen LogP contribution in [0.1, 0.15) is 35.1 Å². The SMILES string of the molecule is Cl.Cn1nc(C2CCNCC2)nc1NC(=O)c1ccn(-c2ccccc2[N+](=O)[O-])n1. The Labute approximate surface area is 178 Å². The quantitative estimate of drug-likeness (QED) is 0.465. The van der Waals surface area contributed by atoms with Gasteiger partial charge in [-0.3, -0.25) is 20.2 Å². The van der Waals surface area contributed by atoms with E-state index in [0.29, 0.717) is 5.95 Å². The topological polar surface area (TPSA) is 133 Å². The normalized spacial score (nSPS) is 14.2. The molecule has 0 bridgehead atoms. The van der Waals surface area contributed by atoms with Gasteiger partial charge >= 0.3 is 0 Å². The number of nitro benzene ring substituents is 1. The zero-order valence-electron chi connectivity index (χ0n) is 16.2. The molecular weight excluding hydrogens is 412 g/mol. The van der Waals surface area contributed by atoms with Gasteiger partial charge in [0.05, 0.1) is 4.92 Å². The van der Waals surface area contributed by atoms with E-state index in [9.17, 15) is 14.9 Å². The van der Waals surface area contributed by atoms with Crippen molar-refractivity contribution in [2.45, 2.75) is 18.8 Å². The number of aromatic nitrogens is 5. The third-order valence-electron chi connectivity index (χ3n) is 4.86. The first-order valence-electron chi connectivity index (χ1n) is 9.25. The number of amides is 1. The Bertz CT molecular complexity index is 1060. The molecule has 30 heavy (non-hydrogen) atoms. The maximum atomic E-state index is 12.6. The van der Waals surface area contributed by atoms with Crippen LogP contribution in [0.5, 0.6) is 0 Å². The van der Waals surface area contributed by atoms with Gasteiger partial charge in [0.2, 0.25) is 5.95 Å². The number of carbonyl (C=O) groups excluding carboxylic acids is 1. The van der Waals surface area contributed by atoms with Crippen LogP contribution in [0.4, 0.5) is 11.6 Å². The monoisotopic (exact) mass is 432 g/mol. The van der Waals surface area contributed by atoms with Gasteiger partial charge < -0.3 is 5.32 Å². The third-order valence-corrected chi connectivity index (χ3v) is 4.86. The fraction of sp³-hybridized carbons (Fsp3) is 0.333. The molecule has 0 radical (unpaired) electrons. The average Bonchev–Trinajstić information content (AvgIpc) is 3.36. The summed E-state index contributed by atoms with van der Waals surface area (Å²) in [7, 11) is 1.72. The molecule has 158 valence electrons. The minimum Gasteiger partial charge on any atom is -0.317 e. The lowest BCUT2D eigenvalue weighted by atomic mass is 9.98. The molecule has 12 heteroatoms. The van der Waals surface area contributed by atoms with Crippen molar-refractivity contribution in [3.05, 3.63) is 58.2 Å². The molecule has 0 aliphatic carbocycles. The van der Waals surface area contributed by atoms with Crippen LogP contribution >= 0.6 is 12.4 Å². The van der Waals surface area contributed by atoms with E-state index in [-0.39, 0.29) is 35.4 Å². The van der Waals surface area contributed by atoms with Gasteiger partial charge in [0.15, 0.2) is 11.5 Å². The Hall–Kier alpha value is -3.31. The number of benzene rings is 1. The summed E-state index contributed by atoms with van der Waals surface area (Å²) >= 11 is 0. The molecule has 1 amide bonds. The van der Waals surface area contributed by atoms with E-state index in [4.69, 9.17) is 0 Å². The number of carbonyl (C=O) groups is 1. The lowest BCUT2D eigenvalue weighted by Gasteiger charge is -2.19. The Morgan fingerprint density at radius 2 is 1.97 bits per heavy atom. The summed E-state index contributed by atoms with van der Waals surface area (Å²) in [6.45, 7) is 1.85. The molecule has 2 N–H and O–H groups in total. The second-order valence-electron chi connectivity index (χ2n) is 6.79. The summed E-state index contributed by atoms with van der Waals surface area (Å²) in [6.07, 6.45) is 3.42. The van der Waals surface area contributed by atoms with Crippen LogP contribution in [0.3, 0.4) is 0 Å². The van der Waals surface area contributed by atoms with E-state index >= 15 is 0 Å². The number of para-hydroxylation sites is 2. The maximum Gasteiger partial charge on any atom is 0.294 e. The lowest BCUT2D eigenvalue weighted by Crippen LogP contribution is -2.27. The molecule has 3 aromatic rings. The highest BCUT2D eigenvalue weighted by Gasteiger charge is 2.22. The number of piperidine rings is 1. The van der Waals surface area contributed by atoms with Crippen LogP contribution in [0.15, 0.2) is 36.5 Å². The molecule has 1 aliphatic heterocycles. The Balaban J connectivity index is 0.00000256. The number of halogens is 1. The molecule has 1 fully saturated rings. The van der Waals surface area contributed by atoms with E-state index in [1.807, 2.05) is 0 Å². The lowest BCUT2D eigenvalue weighted by molar-refractivity contribution is -0.384. The molecule has 2 aromatic heterocycles. The Morgan fingerprint density at radius 3 is 2.70 bits per heavy atom. The second-order valence-corrected chi connectivity index (χ2v) is 6.79. The highest BCUT2D eigenvalue weighted by Crippen LogP contribution is 2.24. The van der Waals surface area contributed by atoms with Crippen LogP contribution in [-0.4, -0.2) is 48.5 Å². The predicted octanol–water partition coefficient (Wildman–Crippen LogP) is 2.05. The van der Waals surface area contributed by atoms with Gasteiger partial charge in [-0.2, -0.15) is 15.2 Å². The molecule has 4 rings (SSSR count). The van der Waals surface area contributed by atoms with Crippen LogP contribution in [-0.2, 0) is 7.05 Å². The third kappa shape index (κ3) is 4.31. The van der Waals surface area contributed by atoms with E-state index in [1.165, 1.54) is 27.7 Å². The van der Waals surface area contributed by atoms with E-state index in [0.717, 1.165) is 31.8 Å². The summed E-state index contributed by atoms with van der Waals surface area (Å²) in [5.41, 5.74) is 0.306. The van der Waals surface area contributed by atoms with Crippen molar-refractivity contribution in [2.24, 2.45) is 7.05 Å². The second kappa shape index (κ2) is 9.01. The van der Waals surface area contributed by atoms with Gasteiger partial charge in [-0.15, -0.1) is 12.4 Å². The first-order chi connectivity index (χ1) is 14.0. The number of hydrogen-bond donors (Lipinski definition) is 2. The minimum atomic E-state index is -0.487. The summed E-state index contributed by atoms with van der Waals surface area (Å²) in [5, 5.41) is 25.8. The van der Waals surface area contributed by atoms with Gasteiger partial charge in [-0.25, -0.2) is 9.36 Å². The van der Waals surface area contributed by atoms with Crippen molar-refractivity contribution in [2.75, 3.05) is 18.4 Å². The summed E-state index contributed by atoms with van der Waals surface area (Å²) < 4.78 is 2.85. The molecule has 1 saturated heterocycles. The summed E-state index contributed by atoms with van der Waals surface area (Å²) in [4.78, 5) is 27.8. The molecule has 0 unspecified atom stereocenters. The van der Waals surface area contributed by atoms with Gasteiger partial charge in [0, 0.05) is 25.2 Å². The van der Waals surface area contributed by atoms with Crippen molar-refractivity contribution in [1.82, 2.24) is 29.9 Å². The molecular formula is C18H21ClN8O3. The molecule has 0 atom stereocenters. The number of aryl methyl sites for hydroxylation is 1. The number of anilines is 1. The van der Waals surface area contributed by atoms with Crippen LogP contribution in [0.25, 0.3) is 5.69 Å². The Kier molecular flexibility index (Phi) is 6.43. The first kappa shape index (κ1) is 21.4. The predicted molar refractivity (Wildman–Crippen MR) is 111 cm³/mol. The summed E-state index contributed by atoms with van der Waals surface area (Å²) in [6, 6.07) is 7.70. The van der Waals surface area contributed by atoms with Gasteiger partial charge in [0.25, 0.3) is 11.6 Å². The molecule has 11 nitrogen and oxygen atoms in total. The van der Waals surface area contributed by atoms with Crippen molar-refractivity contribution in [3.8, 4) is 5.69 Å². The summed E-state index contributed by atoms with van der Waals surface area (Å²) in [5.74, 6) is 0.860. The van der Waals surface area contributed by atoms with Crippen LogP contribution in [0.2, 0.25) is 0 Å². The highest BCUT2D eigenvalue weighted by molar-refractivity contribution is 6.01. The Morgan fingerprint density at radius 1 is 1.23 bits per heavy atom. The average molecular weight is 433 g/mol. The number of nitrogens with one attached hydrogen (secondary N) is 2. The van der Waals surface area contributed by atoms with E-state index < -0.39 is 10.8 Å². The van der Waals surface area contributed by atoms with E-state index in [1.54, 1.807) is 25.2 Å². The fourth-order valence-electron chi connectivity index (χ4n) is 3.32. The van der Waals surface area contributed by atoms with Gasteiger partial charge in [0.1, 0.15) is 5.69 Å². The van der Waals surface area contributed by atoms with Crippen molar-refractivity contribution < 1.29 is 9.72 Å².